The van der Waals surface area contributed by atoms with Crippen LogP contribution in [-0.4, -0.2) is 20.4 Å². The zero-order chi connectivity index (χ0) is 21.6. The predicted molar refractivity (Wildman–Crippen MR) is 119 cm³/mol. The summed E-state index contributed by atoms with van der Waals surface area (Å²) < 4.78 is 28.3. The van der Waals surface area contributed by atoms with Crippen LogP contribution in [0, 0.1) is 0 Å². The highest BCUT2D eigenvalue weighted by atomic mass is 35.5. The van der Waals surface area contributed by atoms with Gasteiger partial charge in [-0.25, -0.2) is 8.42 Å². The second-order valence-corrected chi connectivity index (χ2v) is 9.11. The maximum Gasteiger partial charge on any atom is 0.241 e. The minimum absolute atomic E-state index is 0.0499. The average molecular weight is 443 g/mol. The summed E-state index contributed by atoms with van der Waals surface area (Å²) in [4.78, 5) is 13.1. The van der Waals surface area contributed by atoms with Gasteiger partial charge in [0.25, 0.3) is 0 Å². The van der Waals surface area contributed by atoms with Crippen LogP contribution in [-0.2, 0) is 21.2 Å². The van der Waals surface area contributed by atoms with Crippen LogP contribution in [0.2, 0.25) is 5.02 Å². The SMILES string of the molecule is C[C@@H](NC(=O)[C@@H](Cc1ccccc1)NS(=O)(=O)c1ccc(Cl)cc1)c1ccccc1. The van der Waals surface area contributed by atoms with Gasteiger partial charge in [-0.1, -0.05) is 72.3 Å². The fourth-order valence-electron chi connectivity index (χ4n) is 3.05. The van der Waals surface area contributed by atoms with Crippen molar-refractivity contribution in [3.8, 4) is 0 Å². The van der Waals surface area contributed by atoms with E-state index in [9.17, 15) is 13.2 Å². The average Bonchev–Trinajstić information content (AvgIpc) is 2.74. The van der Waals surface area contributed by atoms with E-state index < -0.39 is 22.0 Å². The molecule has 0 fully saturated rings. The molecule has 156 valence electrons. The van der Waals surface area contributed by atoms with Crippen molar-refractivity contribution in [2.45, 2.75) is 30.3 Å². The van der Waals surface area contributed by atoms with Crippen LogP contribution >= 0.6 is 11.6 Å². The molecule has 3 rings (SSSR count). The number of carbonyl (C=O) groups excluding carboxylic acids is 1. The lowest BCUT2D eigenvalue weighted by Crippen LogP contribution is -2.48. The van der Waals surface area contributed by atoms with Gasteiger partial charge in [-0.2, -0.15) is 4.72 Å². The monoisotopic (exact) mass is 442 g/mol. The molecule has 0 aliphatic carbocycles. The van der Waals surface area contributed by atoms with Gasteiger partial charge in [-0.05, 0) is 48.7 Å². The molecule has 30 heavy (non-hydrogen) atoms. The second kappa shape index (κ2) is 9.89. The summed E-state index contributed by atoms with van der Waals surface area (Å²) in [5.41, 5.74) is 1.79. The standard InChI is InChI=1S/C23H23ClN2O3S/c1-17(19-10-6-3-7-11-19)25-23(27)22(16-18-8-4-2-5-9-18)26-30(28,29)21-14-12-20(24)13-15-21/h2-15,17,22,26H,16H2,1H3,(H,25,27)/t17-,22-/m1/s1. The second-order valence-electron chi connectivity index (χ2n) is 6.96. The van der Waals surface area contributed by atoms with E-state index in [1.165, 1.54) is 24.3 Å². The number of benzene rings is 3. The van der Waals surface area contributed by atoms with Crippen molar-refractivity contribution in [1.82, 2.24) is 10.0 Å². The molecule has 1 amide bonds. The Hall–Kier alpha value is -2.67. The van der Waals surface area contributed by atoms with E-state index in [4.69, 9.17) is 11.6 Å². The number of carbonyl (C=O) groups is 1. The molecule has 0 aliphatic heterocycles. The Bertz CT molecular complexity index is 1070. The highest BCUT2D eigenvalue weighted by Gasteiger charge is 2.27. The summed E-state index contributed by atoms with van der Waals surface area (Å²) in [5, 5.41) is 3.35. The number of nitrogens with one attached hydrogen (secondary N) is 2. The number of hydrogen-bond donors (Lipinski definition) is 2. The van der Waals surface area contributed by atoms with Gasteiger partial charge < -0.3 is 5.32 Å². The first-order chi connectivity index (χ1) is 14.3. The molecule has 7 heteroatoms. The van der Waals surface area contributed by atoms with Crippen molar-refractivity contribution in [2.24, 2.45) is 0 Å². The van der Waals surface area contributed by atoms with Gasteiger partial charge in [0, 0.05) is 5.02 Å². The van der Waals surface area contributed by atoms with Gasteiger partial charge in [-0.15, -0.1) is 0 Å². The van der Waals surface area contributed by atoms with Gasteiger partial charge in [0.05, 0.1) is 10.9 Å². The van der Waals surface area contributed by atoms with Crippen LogP contribution in [0.5, 0.6) is 0 Å². The smallest absolute Gasteiger partial charge is 0.241 e. The van der Waals surface area contributed by atoms with Crippen LogP contribution in [0.3, 0.4) is 0 Å². The van der Waals surface area contributed by atoms with E-state index in [-0.39, 0.29) is 17.4 Å². The van der Waals surface area contributed by atoms with Crippen molar-refractivity contribution in [3.05, 3.63) is 101 Å². The number of sulfonamides is 1. The van der Waals surface area contributed by atoms with E-state index in [1.54, 1.807) is 0 Å². The first kappa shape index (κ1) is 22.0. The lowest BCUT2D eigenvalue weighted by Gasteiger charge is -2.22. The zero-order valence-corrected chi connectivity index (χ0v) is 18.0. The molecule has 3 aromatic carbocycles. The first-order valence-corrected chi connectivity index (χ1v) is 11.4. The molecule has 0 saturated heterocycles. The quantitative estimate of drug-likeness (QED) is 0.551. The molecule has 0 bridgehead atoms. The summed E-state index contributed by atoms with van der Waals surface area (Å²) in [5.74, 6) is -0.396. The maximum absolute atomic E-state index is 13.0. The van der Waals surface area contributed by atoms with E-state index in [0.717, 1.165) is 11.1 Å². The number of halogens is 1. The Morgan fingerprint density at radius 3 is 2.07 bits per heavy atom. The minimum Gasteiger partial charge on any atom is -0.348 e. The Morgan fingerprint density at radius 1 is 0.900 bits per heavy atom. The molecule has 0 heterocycles. The molecule has 0 aliphatic rings. The summed E-state index contributed by atoms with van der Waals surface area (Å²) in [6, 6.07) is 23.4. The van der Waals surface area contributed by atoms with Crippen LogP contribution in [0.15, 0.2) is 89.8 Å². The summed E-state index contributed by atoms with van der Waals surface area (Å²) in [7, 11) is -3.91. The number of rotatable bonds is 8. The van der Waals surface area contributed by atoms with Crippen molar-refractivity contribution < 1.29 is 13.2 Å². The molecule has 5 nitrogen and oxygen atoms in total. The topological polar surface area (TPSA) is 75.3 Å². The Morgan fingerprint density at radius 2 is 1.47 bits per heavy atom. The third-order valence-electron chi connectivity index (χ3n) is 4.68. The van der Waals surface area contributed by atoms with Crippen LogP contribution in [0.4, 0.5) is 0 Å². The molecule has 3 aromatic rings. The normalized spacial score (nSPS) is 13.4. The molecule has 0 spiro atoms. The van der Waals surface area contributed by atoms with Gasteiger partial charge in [-0.3, -0.25) is 4.79 Å². The summed E-state index contributed by atoms with van der Waals surface area (Å²) in [6.07, 6.45) is 0.223. The third kappa shape index (κ3) is 5.92. The van der Waals surface area contributed by atoms with E-state index in [1.807, 2.05) is 67.6 Å². The molecular weight excluding hydrogens is 420 g/mol. The van der Waals surface area contributed by atoms with Crippen molar-refractivity contribution >= 4 is 27.5 Å². The van der Waals surface area contributed by atoms with Gasteiger partial charge in [0.15, 0.2) is 0 Å². The summed E-state index contributed by atoms with van der Waals surface area (Å²) >= 11 is 5.86. The van der Waals surface area contributed by atoms with Crippen LogP contribution in [0.25, 0.3) is 0 Å². The largest absolute Gasteiger partial charge is 0.348 e. The van der Waals surface area contributed by atoms with Gasteiger partial charge in [0.1, 0.15) is 6.04 Å². The molecule has 0 saturated carbocycles. The highest BCUT2D eigenvalue weighted by Crippen LogP contribution is 2.16. The molecular formula is C23H23ClN2O3S. The molecule has 0 radical (unpaired) electrons. The fourth-order valence-corrected chi connectivity index (χ4v) is 4.37. The lowest BCUT2D eigenvalue weighted by atomic mass is 10.0. The van der Waals surface area contributed by atoms with Crippen LogP contribution in [0.1, 0.15) is 24.1 Å². The van der Waals surface area contributed by atoms with Gasteiger partial charge in [0.2, 0.25) is 15.9 Å². The first-order valence-electron chi connectivity index (χ1n) is 9.52. The van der Waals surface area contributed by atoms with E-state index >= 15 is 0 Å². The van der Waals surface area contributed by atoms with Crippen molar-refractivity contribution in [2.75, 3.05) is 0 Å². The fraction of sp³-hybridized carbons (Fsp3) is 0.174. The highest BCUT2D eigenvalue weighted by molar-refractivity contribution is 7.89. The molecule has 2 N–H and O–H groups in total. The minimum atomic E-state index is -3.91. The molecule has 2 atom stereocenters. The lowest BCUT2D eigenvalue weighted by molar-refractivity contribution is -0.123. The molecule has 0 aromatic heterocycles. The number of amides is 1. The Kier molecular flexibility index (Phi) is 7.26. The van der Waals surface area contributed by atoms with E-state index in [0.29, 0.717) is 5.02 Å². The third-order valence-corrected chi connectivity index (χ3v) is 6.42. The Balaban J connectivity index is 1.82. The van der Waals surface area contributed by atoms with Gasteiger partial charge >= 0.3 is 0 Å². The zero-order valence-electron chi connectivity index (χ0n) is 16.5. The van der Waals surface area contributed by atoms with Crippen LogP contribution < -0.4 is 10.0 Å². The number of hydrogen-bond acceptors (Lipinski definition) is 3. The van der Waals surface area contributed by atoms with E-state index in [2.05, 4.69) is 10.0 Å². The summed E-state index contributed by atoms with van der Waals surface area (Å²) in [6.45, 7) is 1.86. The molecule has 0 unspecified atom stereocenters. The predicted octanol–water partition coefficient (Wildman–Crippen LogP) is 4.11. The van der Waals surface area contributed by atoms with Crippen molar-refractivity contribution in [3.63, 3.8) is 0 Å². The van der Waals surface area contributed by atoms with Crippen molar-refractivity contribution in [1.29, 1.82) is 0 Å². The Labute approximate surface area is 182 Å². The maximum atomic E-state index is 13.0.